The second kappa shape index (κ2) is 7.85. The zero-order chi connectivity index (χ0) is 12.7. The van der Waals surface area contributed by atoms with E-state index in [0.717, 1.165) is 9.32 Å². The van der Waals surface area contributed by atoms with Crippen LogP contribution in [0.3, 0.4) is 0 Å². The minimum Gasteiger partial charge on any atom is -0.351 e. The van der Waals surface area contributed by atoms with Crippen LogP contribution in [0.15, 0.2) is 18.2 Å². The Hall–Kier alpha value is -0.380. The van der Waals surface area contributed by atoms with Gasteiger partial charge in [-0.05, 0) is 40.8 Å². The Bertz CT molecular complexity index is 445. The second-order valence-electron chi connectivity index (χ2n) is 3.14. The largest absolute Gasteiger partial charge is 0.351 e. The van der Waals surface area contributed by atoms with E-state index in [0.29, 0.717) is 22.9 Å². The molecule has 0 atom stereocenters. The molecule has 0 saturated carbocycles. The molecule has 17 heavy (non-hydrogen) atoms. The summed E-state index contributed by atoms with van der Waals surface area (Å²) < 4.78 is 0.936. The number of thioether (sulfide) groups is 1. The summed E-state index contributed by atoms with van der Waals surface area (Å²) in [6, 6.07) is 5.26. The number of carbonyl (C=O) groups is 1. The highest BCUT2D eigenvalue weighted by Crippen LogP contribution is 2.19. The highest BCUT2D eigenvalue weighted by molar-refractivity contribution is 14.1. The van der Waals surface area contributed by atoms with Crippen molar-refractivity contribution in [3.63, 3.8) is 0 Å². The number of rotatable bonds is 5. The molecule has 2 nitrogen and oxygen atoms in total. The molecule has 1 amide bonds. The van der Waals surface area contributed by atoms with Crippen LogP contribution in [0, 0.1) is 15.9 Å². The summed E-state index contributed by atoms with van der Waals surface area (Å²) in [5.41, 5.74) is 0.581. The van der Waals surface area contributed by atoms with Crippen molar-refractivity contribution in [2.75, 3.05) is 18.1 Å². The lowest BCUT2D eigenvalue weighted by atomic mass is 10.2. The van der Waals surface area contributed by atoms with Gasteiger partial charge in [-0.3, -0.25) is 4.79 Å². The van der Waals surface area contributed by atoms with E-state index < -0.39 is 0 Å². The molecule has 0 bridgehead atoms. The second-order valence-corrected chi connectivity index (χ2v) is 5.82. The number of benzene rings is 1. The molecule has 0 saturated heterocycles. The molecule has 1 aromatic carbocycles. The Labute approximate surface area is 124 Å². The minimum atomic E-state index is -0.107. The summed E-state index contributed by atoms with van der Waals surface area (Å²) in [6.45, 7) is 0.606. The van der Waals surface area contributed by atoms with Gasteiger partial charge < -0.3 is 5.32 Å². The molecule has 1 rings (SSSR count). The monoisotopic (exact) mass is 379 g/mol. The van der Waals surface area contributed by atoms with Crippen LogP contribution in [-0.4, -0.2) is 24.0 Å². The average Bonchev–Trinajstić information content (AvgIpc) is 2.32. The van der Waals surface area contributed by atoms with Gasteiger partial charge >= 0.3 is 0 Å². The van der Waals surface area contributed by atoms with Gasteiger partial charge in [0.15, 0.2) is 0 Å². The third-order valence-corrected chi connectivity index (χ3v) is 4.33. The zero-order valence-electron chi connectivity index (χ0n) is 9.00. The molecule has 0 aliphatic heterocycles. The van der Waals surface area contributed by atoms with Crippen LogP contribution in [0.5, 0.6) is 0 Å². The van der Waals surface area contributed by atoms with Gasteiger partial charge in [0.05, 0.1) is 10.8 Å². The van der Waals surface area contributed by atoms with Gasteiger partial charge in [-0.15, -0.1) is 18.2 Å². The quantitative estimate of drug-likeness (QED) is 0.484. The molecular weight excluding hydrogens is 369 g/mol. The fraction of sp³-hybridized carbons (Fsp3) is 0.250. The van der Waals surface area contributed by atoms with Crippen molar-refractivity contribution >= 4 is 51.9 Å². The Kier molecular flexibility index (Phi) is 6.78. The van der Waals surface area contributed by atoms with Gasteiger partial charge in [0.2, 0.25) is 0 Å². The summed E-state index contributed by atoms with van der Waals surface area (Å²) in [4.78, 5) is 11.7. The Morgan fingerprint density at radius 2 is 2.35 bits per heavy atom. The topological polar surface area (TPSA) is 29.1 Å². The van der Waals surface area contributed by atoms with E-state index in [1.54, 1.807) is 23.9 Å². The van der Waals surface area contributed by atoms with E-state index >= 15 is 0 Å². The Morgan fingerprint density at radius 1 is 1.59 bits per heavy atom. The number of terminal acetylenes is 1. The first-order chi connectivity index (χ1) is 8.15. The summed E-state index contributed by atoms with van der Waals surface area (Å²) in [7, 11) is 0. The summed E-state index contributed by atoms with van der Waals surface area (Å²) in [5, 5.41) is 3.41. The predicted molar refractivity (Wildman–Crippen MR) is 82.7 cm³/mol. The predicted octanol–water partition coefficient (Wildman–Crippen LogP) is 3.04. The fourth-order valence-corrected chi connectivity index (χ4v) is 2.13. The van der Waals surface area contributed by atoms with Crippen molar-refractivity contribution in [1.29, 1.82) is 0 Å². The lowest BCUT2D eigenvalue weighted by Crippen LogP contribution is -2.25. The summed E-state index contributed by atoms with van der Waals surface area (Å²) in [6.07, 6.45) is 5.12. The molecule has 0 heterocycles. The van der Waals surface area contributed by atoms with E-state index in [1.807, 2.05) is 6.07 Å². The lowest BCUT2D eigenvalue weighted by Gasteiger charge is -2.05. The van der Waals surface area contributed by atoms with E-state index in [4.69, 9.17) is 18.0 Å². The molecule has 0 aromatic heterocycles. The summed E-state index contributed by atoms with van der Waals surface area (Å²) >= 11 is 9.69. The smallest absolute Gasteiger partial charge is 0.251 e. The van der Waals surface area contributed by atoms with Crippen molar-refractivity contribution in [1.82, 2.24) is 5.32 Å². The van der Waals surface area contributed by atoms with Crippen molar-refractivity contribution < 1.29 is 4.79 Å². The van der Waals surface area contributed by atoms with Gasteiger partial charge in [-0.2, -0.15) is 0 Å². The molecule has 0 fully saturated rings. The van der Waals surface area contributed by atoms with Crippen molar-refractivity contribution in [3.05, 3.63) is 32.4 Å². The van der Waals surface area contributed by atoms with Crippen molar-refractivity contribution in [3.8, 4) is 12.3 Å². The van der Waals surface area contributed by atoms with Crippen LogP contribution in [0.2, 0.25) is 5.02 Å². The van der Waals surface area contributed by atoms with E-state index in [1.165, 1.54) is 0 Å². The molecule has 1 aromatic rings. The van der Waals surface area contributed by atoms with Crippen molar-refractivity contribution in [2.24, 2.45) is 0 Å². The zero-order valence-corrected chi connectivity index (χ0v) is 12.7. The highest BCUT2D eigenvalue weighted by atomic mass is 127. The Balaban J connectivity index is 2.42. The maximum absolute atomic E-state index is 11.7. The summed E-state index contributed by atoms with van der Waals surface area (Å²) in [5.74, 6) is 3.91. The SMILES string of the molecule is C#CCSCCNC(=O)c1ccc(I)c(Cl)c1. The fourth-order valence-electron chi connectivity index (χ4n) is 1.11. The van der Waals surface area contributed by atoms with Gasteiger partial charge in [0.25, 0.3) is 5.91 Å². The minimum absolute atomic E-state index is 0.107. The molecule has 0 unspecified atom stereocenters. The van der Waals surface area contributed by atoms with Crippen molar-refractivity contribution in [2.45, 2.75) is 0 Å². The average molecular weight is 380 g/mol. The van der Waals surface area contributed by atoms with E-state index in [9.17, 15) is 4.79 Å². The Morgan fingerprint density at radius 3 is 3.00 bits per heavy atom. The molecule has 5 heteroatoms. The van der Waals surface area contributed by atoms with Crippen LogP contribution in [0.4, 0.5) is 0 Å². The lowest BCUT2D eigenvalue weighted by molar-refractivity contribution is 0.0956. The van der Waals surface area contributed by atoms with Crippen LogP contribution in [0.25, 0.3) is 0 Å². The maximum atomic E-state index is 11.7. The molecule has 0 aliphatic rings. The number of carbonyl (C=O) groups excluding carboxylic acids is 1. The molecule has 0 radical (unpaired) electrons. The van der Waals surface area contributed by atoms with Crippen LogP contribution >= 0.6 is 46.0 Å². The number of amides is 1. The highest BCUT2D eigenvalue weighted by Gasteiger charge is 2.06. The number of nitrogens with one attached hydrogen (secondary N) is 1. The molecule has 0 spiro atoms. The van der Waals surface area contributed by atoms with Crippen LogP contribution in [0.1, 0.15) is 10.4 Å². The standard InChI is InChI=1S/C12H11ClINOS/c1-2-6-17-7-5-15-12(16)9-3-4-11(14)10(13)8-9/h1,3-4,8H,5-7H2,(H,15,16). The number of hydrogen-bond acceptors (Lipinski definition) is 2. The molecule has 0 aliphatic carbocycles. The van der Waals surface area contributed by atoms with Crippen LogP contribution < -0.4 is 5.32 Å². The third-order valence-electron chi connectivity index (χ3n) is 1.90. The number of hydrogen-bond donors (Lipinski definition) is 1. The molecule has 90 valence electrons. The van der Waals surface area contributed by atoms with Gasteiger partial charge in [0.1, 0.15) is 0 Å². The third kappa shape index (κ3) is 5.19. The van der Waals surface area contributed by atoms with Gasteiger partial charge in [-0.25, -0.2) is 0 Å². The molecule has 1 N–H and O–H groups in total. The van der Waals surface area contributed by atoms with E-state index in [2.05, 4.69) is 33.8 Å². The first-order valence-electron chi connectivity index (χ1n) is 4.89. The van der Waals surface area contributed by atoms with Gasteiger partial charge in [0, 0.05) is 21.4 Å². The first-order valence-corrected chi connectivity index (χ1v) is 7.50. The number of halogens is 2. The van der Waals surface area contributed by atoms with Gasteiger partial charge in [-0.1, -0.05) is 17.5 Å². The normalized spacial score (nSPS) is 9.71. The van der Waals surface area contributed by atoms with E-state index in [-0.39, 0.29) is 5.91 Å². The first kappa shape index (κ1) is 14.7. The maximum Gasteiger partial charge on any atom is 0.251 e. The molecular formula is C12H11ClINOS. The van der Waals surface area contributed by atoms with Crippen LogP contribution in [-0.2, 0) is 0 Å².